The van der Waals surface area contributed by atoms with E-state index in [9.17, 15) is 0 Å². The lowest BCUT2D eigenvalue weighted by molar-refractivity contribution is 0.403. The minimum atomic E-state index is -0.551. The molecule has 4 rings (SSSR count). The first-order chi connectivity index (χ1) is 15.2. The fourth-order valence-corrected chi connectivity index (χ4v) is 5.61. The Morgan fingerprint density at radius 1 is 0.750 bits per heavy atom. The highest BCUT2D eigenvalue weighted by atomic mass is 79.9. The van der Waals surface area contributed by atoms with E-state index in [0.717, 1.165) is 25.8 Å². The van der Waals surface area contributed by atoms with Crippen molar-refractivity contribution in [2.45, 2.75) is 9.65 Å². The predicted molar refractivity (Wildman–Crippen MR) is 146 cm³/mol. The molecule has 3 aromatic carbocycles. The molecule has 0 aromatic heterocycles. The molecule has 0 unspecified atom stereocenters. The van der Waals surface area contributed by atoms with Crippen molar-refractivity contribution in [3.63, 3.8) is 0 Å². The molecule has 0 saturated heterocycles. The van der Waals surface area contributed by atoms with Crippen molar-refractivity contribution < 1.29 is 9.47 Å². The van der Waals surface area contributed by atoms with Gasteiger partial charge >= 0.3 is 0 Å². The Hall–Kier alpha value is -1.74. The van der Waals surface area contributed by atoms with Crippen molar-refractivity contribution in [3.8, 4) is 17.2 Å². The van der Waals surface area contributed by atoms with Crippen LogP contribution in [0.15, 0.2) is 87.5 Å². The second-order valence-corrected chi connectivity index (χ2v) is 12.7. The summed E-state index contributed by atoms with van der Waals surface area (Å²) in [6.07, 6.45) is 4.66. The summed E-state index contributed by atoms with van der Waals surface area (Å²) in [4.78, 5) is 0. The molecule has 0 heterocycles. The lowest BCUT2D eigenvalue weighted by atomic mass is 9.96. The van der Waals surface area contributed by atoms with Gasteiger partial charge in [0, 0.05) is 29.9 Å². The first-order valence-electron chi connectivity index (χ1n) is 9.57. The lowest BCUT2D eigenvalue weighted by Crippen LogP contribution is -2.22. The summed E-state index contributed by atoms with van der Waals surface area (Å²) >= 11 is 14.8. The second kappa shape index (κ2) is 9.63. The molecule has 1 aliphatic rings. The lowest BCUT2D eigenvalue weighted by Gasteiger charge is -2.28. The number of benzene rings is 3. The average molecular weight is 686 g/mol. The van der Waals surface area contributed by atoms with Crippen molar-refractivity contribution in [3.05, 3.63) is 93.1 Å². The van der Waals surface area contributed by atoms with Gasteiger partial charge in [-0.3, -0.25) is 0 Å². The molecule has 32 heavy (non-hydrogen) atoms. The molecule has 0 radical (unpaired) electrons. The standard InChI is InChI=1S/C24H18Br4N2O2/c25-20-9-15(10-21(26)23(20)32-19-6-2-4-17(30)12-19)14-7-8-22(24(27,28)13-14)31-18-5-1-3-16(29)11-18/h1-12H,13,29-30H2. The highest BCUT2D eigenvalue weighted by Gasteiger charge is 2.34. The highest BCUT2D eigenvalue weighted by molar-refractivity contribution is 9.25. The first kappa shape index (κ1) is 23.4. The summed E-state index contributed by atoms with van der Waals surface area (Å²) < 4.78 is 13.2. The van der Waals surface area contributed by atoms with Crippen LogP contribution in [0.25, 0.3) is 5.57 Å². The molecule has 0 aliphatic heterocycles. The van der Waals surface area contributed by atoms with Gasteiger partial charge in [-0.1, -0.05) is 50.1 Å². The van der Waals surface area contributed by atoms with Crippen LogP contribution < -0.4 is 20.9 Å². The Labute approximate surface area is 220 Å². The molecule has 8 heteroatoms. The Bertz CT molecular complexity index is 1220. The van der Waals surface area contributed by atoms with Crippen LogP contribution in [-0.4, -0.2) is 3.23 Å². The van der Waals surface area contributed by atoms with E-state index in [2.05, 4.69) is 69.8 Å². The molecule has 4 N–H and O–H groups in total. The van der Waals surface area contributed by atoms with E-state index in [1.54, 1.807) is 12.1 Å². The summed E-state index contributed by atoms with van der Waals surface area (Å²) in [5, 5.41) is 0. The van der Waals surface area contributed by atoms with Crippen molar-refractivity contribution >= 4 is 80.7 Å². The van der Waals surface area contributed by atoms with Crippen LogP contribution in [0, 0.1) is 0 Å². The number of alkyl halides is 2. The van der Waals surface area contributed by atoms with Gasteiger partial charge in [-0.05, 0) is 85.5 Å². The van der Waals surface area contributed by atoms with Gasteiger partial charge in [-0.25, -0.2) is 0 Å². The molecule has 0 spiro atoms. The third-order valence-corrected chi connectivity index (χ3v) is 7.26. The zero-order valence-corrected chi connectivity index (χ0v) is 23.0. The van der Waals surface area contributed by atoms with Crippen LogP contribution in [-0.2, 0) is 0 Å². The second-order valence-electron chi connectivity index (χ2n) is 7.22. The molecule has 0 bridgehead atoms. The molecular formula is C24H18Br4N2O2. The average Bonchev–Trinajstić information content (AvgIpc) is 2.72. The van der Waals surface area contributed by atoms with E-state index < -0.39 is 3.23 Å². The monoisotopic (exact) mass is 682 g/mol. The van der Waals surface area contributed by atoms with Crippen molar-refractivity contribution in [2.75, 3.05) is 11.5 Å². The maximum atomic E-state index is 6.07. The Balaban J connectivity index is 1.60. The molecule has 0 amide bonds. The van der Waals surface area contributed by atoms with E-state index in [4.69, 9.17) is 20.9 Å². The summed E-state index contributed by atoms with van der Waals surface area (Å²) in [5.74, 6) is 2.78. The quantitative estimate of drug-likeness (QED) is 0.209. The normalized spacial score (nSPS) is 15.0. The maximum Gasteiger partial charge on any atom is 0.155 e. The smallest absolute Gasteiger partial charge is 0.155 e. The molecular weight excluding hydrogens is 668 g/mol. The van der Waals surface area contributed by atoms with E-state index in [1.807, 2.05) is 54.6 Å². The summed E-state index contributed by atoms with van der Waals surface area (Å²) in [6.45, 7) is 0. The Kier molecular flexibility index (Phi) is 7.05. The van der Waals surface area contributed by atoms with E-state index in [1.165, 1.54) is 0 Å². The van der Waals surface area contributed by atoms with Gasteiger partial charge in [0.15, 0.2) is 5.75 Å². The molecule has 4 nitrogen and oxygen atoms in total. The highest BCUT2D eigenvalue weighted by Crippen LogP contribution is 2.48. The Morgan fingerprint density at radius 2 is 1.31 bits per heavy atom. The van der Waals surface area contributed by atoms with Crippen LogP contribution in [0.2, 0.25) is 0 Å². The van der Waals surface area contributed by atoms with Crippen LogP contribution in [0.1, 0.15) is 12.0 Å². The fourth-order valence-electron chi connectivity index (χ4n) is 3.23. The van der Waals surface area contributed by atoms with E-state index >= 15 is 0 Å². The Morgan fingerprint density at radius 3 is 1.84 bits per heavy atom. The molecule has 1 aliphatic carbocycles. The maximum absolute atomic E-state index is 6.07. The van der Waals surface area contributed by atoms with Crippen molar-refractivity contribution in [2.24, 2.45) is 0 Å². The topological polar surface area (TPSA) is 70.5 Å². The van der Waals surface area contributed by atoms with Gasteiger partial charge < -0.3 is 20.9 Å². The number of ether oxygens (including phenoxy) is 2. The van der Waals surface area contributed by atoms with Gasteiger partial charge in [0.2, 0.25) is 0 Å². The molecule has 3 aromatic rings. The number of hydrogen-bond donors (Lipinski definition) is 2. The van der Waals surface area contributed by atoms with Gasteiger partial charge in [-0.2, -0.15) is 0 Å². The zero-order valence-electron chi connectivity index (χ0n) is 16.6. The predicted octanol–water partition coefficient (Wildman–Crippen LogP) is 8.40. The van der Waals surface area contributed by atoms with E-state index in [0.29, 0.717) is 35.0 Å². The minimum absolute atomic E-state index is 0.551. The van der Waals surface area contributed by atoms with Crippen LogP contribution >= 0.6 is 63.7 Å². The number of rotatable bonds is 5. The number of anilines is 2. The zero-order chi connectivity index (χ0) is 22.9. The number of hydrogen-bond acceptors (Lipinski definition) is 4. The molecule has 0 fully saturated rings. The van der Waals surface area contributed by atoms with Gasteiger partial charge in [-0.15, -0.1) is 0 Å². The van der Waals surface area contributed by atoms with Crippen molar-refractivity contribution in [1.29, 1.82) is 0 Å². The molecule has 0 atom stereocenters. The minimum Gasteiger partial charge on any atom is -0.459 e. The summed E-state index contributed by atoms with van der Waals surface area (Å²) in [6, 6.07) is 18.8. The summed E-state index contributed by atoms with van der Waals surface area (Å²) in [5.41, 5.74) is 15.2. The van der Waals surface area contributed by atoms with Crippen LogP contribution in [0.4, 0.5) is 11.4 Å². The number of allylic oxidation sites excluding steroid dienone is 4. The fraction of sp³-hybridized carbons (Fsp3) is 0.0833. The SMILES string of the molecule is Nc1cccc(OC2=CC=C(c3cc(Br)c(Oc4cccc(N)c4)c(Br)c3)CC2(Br)Br)c1. The largest absolute Gasteiger partial charge is 0.459 e. The van der Waals surface area contributed by atoms with Gasteiger partial charge in [0.05, 0.1) is 8.95 Å². The molecule has 0 saturated carbocycles. The number of nitrogen functional groups attached to an aromatic ring is 2. The number of halogens is 4. The first-order valence-corrected chi connectivity index (χ1v) is 12.7. The van der Waals surface area contributed by atoms with Crippen LogP contribution in [0.5, 0.6) is 17.2 Å². The van der Waals surface area contributed by atoms with E-state index in [-0.39, 0.29) is 0 Å². The third kappa shape index (κ3) is 5.42. The van der Waals surface area contributed by atoms with Gasteiger partial charge in [0.25, 0.3) is 0 Å². The summed E-state index contributed by atoms with van der Waals surface area (Å²) in [7, 11) is 0. The van der Waals surface area contributed by atoms with Gasteiger partial charge in [0.1, 0.15) is 20.5 Å². The van der Waals surface area contributed by atoms with Crippen molar-refractivity contribution in [1.82, 2.24) is 0 Å². The third-order valence-electron chi connectivity index (χ3n) is 4.74. The number of nitrogens with two attached hydrogens (primary N) is 2. The molecule has 164 valence electrons. The van der Waals surface area contributed by atoms with Crippen LogP contribution in [0.3, 0.4) is 0 Å².